The first-order chi connectivity index (χ1) is 14.1. The Morgan fingerprint density at radius 3 is 2.24 bits per heavy atom. The summed E-state index contributed by atoms with van der Waals surface area (Å²) in [5.74, 6) is -0.359. The molecule has 0 atom stereocenters. The molecule has 0 fully saturated rings. The molecule has 0 saturated carbocycles. The maximum absolute atomic E-state index is 12.6. The number of rotatable bonds is 6. The minimum atomic E-state index is -0.459. The number of nitrogens with one attached hydrogen (secondary N) is 2. The zero-order valence-corrected chi connectivity index (χ0v) is 15.7. The number of carbonyl (C=O) groups is 2. The number of hydrogen-bond acceptors (Lipinski definition) is 5. The van der Waals surface area contributed by atoms with Gasteiger partial charge < -0.3 is 15.4 Å². The van der Waals surface area contributed by atoms with Gasteiger partial charge in [-0.3, -0.25) is 9.59 Å². The number of carbonyl (C=O) groups excluding carboxylic acids is 2. The van der Waals surface area contributed by atoms with Gasteiger partial charge in [-0.1, -0.05) is 18.2 Å². The van der Waals surface area contributed by atoms with Gasteiger partial charge in [0.15, 0.2) is 0 Å². The quantitative estimate of drug-likeness (QED) is 0.669. The second-order valence-electron chi connectivity index (χ2n) is 5.93. The van der Waals surface area contributed by atoms with Crippen molar-refractivity contribution in [1.82, 2.24) is 4.98 Å². The van der Waals surface area contributed by atoms with E-state index in [-0.39, 0.29) is 11.4 Å². The van der Waals surface area contributed by atoms with Crippen molar-refractivity contribution in [2.75, 3.05) is 17.2 Å². The van der Waals surface area contributed by atoms with Crippen molar-refractivity contribution in [3.05, 3.63) is 83.7 Å². The highest BCUT2D eigenvalue weighted by molar-refractivity contribution is 6.06. The van der Waals surface area contributed by atoms with Crippen LogP contribution in [0.25, 0.3) is 0 Å². The maximum atomic E-state index is 12.6. The van der Waals surface area contributed by atoms with Gasteiger partial charge in [-0.25, -0.2) is 4.98 Å². The maximum Gasteiger partial charge on any atom is 0.274 e. The van der Waals surface area contributed by atoms with Crippen LogP contribution in [0, 0.1) is 11.3 Å². The second kappa shape index (κ2) is 9.15. The van der Waals surface area contributed by atoms with Crippen molar-refractivity contribution < 1.29 is 14.3 Å². The van der Waals surface area contributed by atoms with Gasteiger partial charge in [0.1, 0.15) is 17.1 Å². The van der Waals surface area contributed by atoms with Crippen LogP contribution in [-0.2, 0) is 0 Å². The summed E-state index contributed by atoms with van der Waals surface area (Å²) in [7, 11) is 0. The SMILES string of the molecule is CCOc1ccccc1NC(=O)c1cccc(C(=O)Nc2ccc(C#N)cc2)n1. The summed E-state index contributed by atoms with van der Waals surface area (Å²) in [6.45, 7) is 2.33. The number of nitrogens with zero attached hydrogens (tertiary/aromatic N) is 2. The zero-order valence-electron chi connectivity index (χ0n) is 15.7. The molecule has 2 amide bonds. The van der Waals surface area contributed by atoms with Crippen LogP contribution in [0.5, 0.6) is 5.75 Å². The van der Waals surface area contributed by atoms with Crippen LogP contribution in [0.1, 0.15) is 33.5 Å². The fourth-order valence-corrected chi connectivity index (χ4v) is 2.55. The average Bonchev–Trinajstić information content (AvgIpc) is 2.76. The van der Waals surface area contributed by atoms with Crippen LogP contribution in [-0.4, -0.2) is 23.4 Å². The molecule has 2 aromatic carbocycles. The molecule has 0 spiro atoms. The Balaban J connectivity index is 1.74. The topological polar surface area (TPSA) is 104 Å². The molecular formula is C22H18N4O3. The van der Waals surface area contributed by atoms with Gasteiger partial charge in [0.25, 0.3) is 11.8 Å². The molecule has 0 radical (unpaired) electrons. The summed E-state index contributed by atoms with van der Waals surface area (Å²) in [6, 6.07) is 20.2. The standard InChI is InChI=1S/C22H18N4O3/c1-2-29-20-9-4-3-6-17(20)26-22(28)19-8-5-7-18(25-19)21(27)24-16-12-10-15(14-23)11-13-16/h3-13H,2H2,1H3,(H,24,27)(H,26,28). The van der Waals surface area contributed by atoms with Crippen LogP contribution in [0.15, 0.2) is 66.7 Å². The van der Waals surface area contributed by atoms with Crippen LogP contribution < -0.4 is 15.4 Å². The number of anilines is 2. The van der Waals surface area contributed by atoms with Crippen LogP contribution in [0.3, 0.4) is 0 Å². The molecule has 0 aliphatic carbocycles. The number of benzene rings is 2. The van der Waals surface area contributed by atoms with E-state index >= 15 is 0 Å². The van der Waals surface area contributed by atoms with Crippen molar-refractivity contribution in [2.24, 2.45) is 0 Å². The molecule has 7 heteroatoms. The summed E-state index contributed by atoms with van der Waals surface area (Å²) < 4.78 is 5.50. The van der Waals surface area contributed by atoms with E-state index in [1.54, 1.807) is 48.5 Å². The lowest BCUT2D eigenvalue weighted by molar-refractivity contribution is 0.101. The van der Waals surface area contributed by atoms with Crippen molar-refractivity contribution in [3.8, 4) is 11.8 Å². The number of hydrogen-bond donors (Lipinski definition) is 2. The van der Waals surface area contributed by atoms with Gasteiger partial charge in [0.05, 0.1) is 23.9 Å². The van der Waals surface area contributed by atoms with E-state index in [4.69, 9.17) is 10.00 Å². The molecule has 0 bridgehead atoms. The predicted molar refractivity (Wildman–Crippen MR) is 109 cm³/mol. The normalized spacial score (nSPS) is 9.93. The fraction of sp³-hybridized carbons (Fsp3) is 0.0909. The minimum Gasteiger partial charge on any atom is -0.492 e. The van der Waals surface area contributed by atoms with Crippen molar-refractivity contribution in [2.45, 2.75) is 6.92 Å². The van der Waals surface area contributed by atoms with Crippen molar-refractivity contribution in [3.63, 3.8) is 0 Å². The molecule has 1 heterocycles. The molecule has 0 aliphatic rings. The van der Waals surface area contributed by atoms with Gasteiger partial charge in [-0.05, 0) is 55.5 Å². The first kappa shape index (κ1) is 19.6. The van der Waals surface area contributed by atoms with Gasteiger partial charge in [-0.15, -0.1) is 0 Å². The van der Waals surface area contributed by atoms with E-state index in [0.717, 1.165) is 0 Å². The number of pyridine rings is 1. The molecule has 0 saturated heterocycles. The first-order valence-corrected chi connectivity index (χ1v) is 8.92. The summed E-state index contributed by atoms with van der Waals surface area (Å²) in [5, 5.41) is 14.3. The van der Waals surface area contributed by atoms with Crippen molar-refractivity contribution in [1.29, 1.82) is 5.26 Å². The smallest absolute Gasteiger partial charge is 0.274 e. The van der Waals surface area contributed by atoms with Crippen molar-refractivity contribution >= 4 is 23.2 Å². The highest BCUT2D eigenvalue weighted by Crippen LogP contribution is 2.24. The van der Waals surface area contributed by atoms with E-state index < -0.39 is 11.8 Å². The fourth-order valence-electron chi connectivity index (χ4n) is 2.55. The third-order valence-corrected chi connectivity index (χ3v) is 3.92. The number of nitriles is 1. The molecule has 29 heavy (non-hydrogen) atoms. The Kier molecular flexibility index (Phi) is 6.18. The highest BCUT2D eigenvalue weighted by Gasteiger charge is 2.14. The van der Waals surface area contributed by atoms with Gasteiger partial charge in [0, 0.05) is 5.69 Å². The monoisotopic (exact) mass is 386 g/mol. The van der Waals surface area contributed by atoms with E-state index in [2.05, 4.69) is 15.6 Å². The molecule has 0 unspecified atom stereocenters. The highest BCUT2D eigenvalue weighted by atomic mass is 16.5. The summed E-state index contributed by atoms with van der Waals surface area (Å²) in [6.07, 6.45) is 0. The van der Waals surface area contributed by atoms with E-state index in [9.17, 15) is 9.59 Å². The molecule has 3 rings (SSSR count). The van der Waals surface area contributed by atoms with Gasteiger partial charge >= 0.3 is 0 Å². The number of aromatic nitrogens is 1. The molecule has 3 aromatic rings. The Bertz CT molecular complexity index is 1070. The Morgan fingerprint density at radius 2 is 1.59 bits per heavy atom. The minimum absolute atomic E-state index is 0.0973. The molecule has 7 nitrogen and oxygen atoms in total. The summed E-state index contributed by atoms with van der Waals surface area (Å²) in [5.41, 5.74) is 1.74. The Hall–Kier alpha value is -4.18. The van der Waals surface area contributed by atoms with Crippen LogP contribution in [0.4, 0.5) is 11.4 Å². The molecule has 144 valence electrons. The molecule has 1 aromatic heterocycles. The lowest BCUT2D eigenvalue weighted by Crippen LogP contribution is -2.18. The number of para-hydroxylation sites is 2. The summed E-state index contributed by atoms with van der Waals surface area (Å²) >= 11 is 0. The lowest BCUT2D eigenvalue weighted by Gasteiger charge is -2.11. The Labute approximate surface area is 168 Å². The molecular weight excluding hydrogens is 368 g/mol. The average molecular weight is 386 g/mol. The lowest BCUT2D eigenvalue weighted by atomic mass is 10.2. The van der Waals surface area contributed by atoms with Crippen LogP contribution in [0.2, 0.25) is 0 Å². The van der Waals surface area contributed by atoms with Crippen LogP contribution >= 0.6 is 0 Å². The first-order valence-electron chi connectivity index (χ1n) is 8.92. The second-order valence-corrected chi connectivity index (χ2v) is 5.93. The van der Waals surface area contributed by atoms with E-state index in [1.807, 2.05) is 19.1 Å². The van der Waals surface area contributed by atoms with E-state index in [0.29, 0.717) is 29.3 Å². The Morgan fingerprint density at radius 1 is 0.931 bits per heavy atom. The van der Waals surface area contributed by atoms with E-state index in [1.165, 1.54) is 12.1 Å². The largest absolute Gasteiger partial charge is 0.492 e. The summed E-state index contributed by atoms with van der Waals surface area (Å²) in [4.78, 5) is 29.2. The number of amides is 2. The number of ether oxygens (including phenoxy) is 1. The predicted octanol–water partition coefficient (Wildman–Crippen LogP) is 3.86. The molecule has 2 N–H and O–H groups in total. The van der Waals surface area contributed by atoms with Gasteiger partial charge in [0.2, 0.25) is 0 Å². The third-order valence-electron chi connectivity index (χ3n) is 3.92. The van der Waals surface area contributed by atoms with Gasteiger partial charge in [-0.2, -0.15) is 5.26 Å². The molecule has 0 aliphatic heterocycles. The third kappa shape index (κ3) is 4.96. The zero-order chi connectivity index (χ0) is 20.6.